The number of benzene rings is 2. The van der Waals surface area contributed by atoms with Crippen molar-refractivity contribution >= 4 is 10.9 Å². The minimum Gasteiger partial charge on any atom is -0.338 e. The van der Waals surface area contributed by atoms with Crippen molar-refractivity contribution in [1.29, 1.82) is 0 Å². The highest BCUT2D eigenvalue weighted by Gasteiger charge is 2.18. The van der Waals surface area contributed by atoms with Crippen molar-refractivity contribution in [2.75, 3.05) is 0 Å². The van der Waals surface area contributed by atoms with E-state index in [0.717, 1.165) is 5.56 Å². The topological polar surface area (TPSA) is 87.9 Å². The molecule has 0 aliphatic rings. The van der Waals surface area contributed by atoms with Gasteiger partial charge < -0.3 is 9.51 Å². The van der Waals surface area contributed by atoms with Gasteiger partial charge in [-0.25, -0.2) is 4.98 Å². The number of nitrogens with one attached hydrogen (secondary N) is 1. The molecule has 0 aliphatic carbocycles. The Labute approximate surface area is 181 Å². The molecule has 0 radical (unpaired) electrons. The number of aromatic amines is 1. The minimum atomic E-state index is -0.130. The molecule has 160 valence electrons. The van der Waals surface area contributed by atoms with E-state index in [9.17, 15) is 4.79 Å². The second-order valence-corrected chi connectivity index (χ2v) is 8.32. The van der Waals surface area contributed by atoms with Gasteiger partial charge in [-0.15, -0.1) is 0 Å². The predicted molar refractivity (Wildman–Crippen MR) is 121 cm³/mol. The molecule has 0 aliphatic heterocycles. The van der Waals surface area contributed by atoms with Crippen molar-refractivity contribution in [2.45, 2.75) is 52.7 Å². The number of H-pyrrole nitrogens is 1. The molecule has 0 bridgehead atoms. The number of rotatable bonds is 7. The maximum absolute atomic E-state index is 12.4. The summed E-state index contributed by atoms with van der Waals surface area (Å²) >= 11 is 0. The summed E-state index contributed by atoms with van der Waals surface area (Å²) in [5, 5.41) is 4.74. The summed E-state index contributed by atoms with van der Waals surface area (Å²) < 4.78 is 5.51. The number of hydrogen-bond acceptors (Lipinski definition) is 6. The van der Waals surface area contributed by atoms with Crippen LogP contribution in [0.5, 0.6) is 0 Å². The van der Waals surface area contributed by atoms with Gasteiger partial charge in [-0.3, -0.25) is 9.69 Å². The zero-order valence-corrected chi connectivity index (χ0v) is 18.3. The second kappa shape index (κ2) is 8.81. The van der Waals surface area contributed by atoms with E-state index in [1.807, 2.05) is 30.3 Å². The van der Waals surface area contributed by atoms with Crippen LogP contribution in [-0.2, 0) is 13.1 Å². The number of hydrogen-bond donors (Lipinski definition) is 1. The van der Waals surface area contributed by atoms with E-state index in [0.29, 0.717) is 47.4 Å². The van der Waals surface area contributed by atoms with E-state index >= 15 is 0 Å². The van der Waals surface area contributed by atoms with Crippen molar-refractivity contribution in [3.05, 3.63) is 76.2 Å². The fourth-order valence-electron chi connectivity index (χ4n) is 3.45. The molecule has 0 fully saturated rings. The number of para-hydroxylation sites is 1. The summed E-state index contributed by atoms with van der Waals surface area (Å²) in [6.07, 6.45) is 0. The Bertz CT molecular complexity index is 1220. The largest absolute Gasteiger partial charge is 0.338 e. The SMILES string of the molecule is CC(C)c1ccc(-c2noc(CN(Cc3nc4ccccc4c(=O)[nH]3)C(C)C)n2)cc1. The normalized spacial score (nSPS) is 11.8. The maximum Gasteiger partial charge on any atom is 0.258 e. The highest BCUT2D eigenvalue weighted by molar-refractivity contribution is 5.77. The van der Waals surface area contributed by atoms with Crippen LogP contribution >= 0.6 is 0 Å². The molecule has 4 rings (SSSR count). The van der Waals surface area contributed by atoms with Gasteiger partial charge in [0, 0.05) is 11.6 Å². The zero-order valence-electron chi connectivity index (χ0n) is 18.3. The Morgan fingerprint density at radius 1 is 0.968 bits per heavy atom. The average Bonchev–Trinajstić information content (AvgIpc) is 3.22. The van der Waals surface area contributed by atoms with Crippen LogP contribution in [0.2, 0.25) is 0 Å². The minimum absolute atomic E-state index is 0.130. The molecular weight excluding hydrogens is 390 g/mol. The molecule has 0 atom stereocenters. The molecule has 2 aromatic heterocycles. The van der Waals surface area contributed by atoms with Crippen molar-refractivity contribution in [2.24, 2.45) is 0 Å². The fraction of sp³-hybridized carbons (Fsp3) is 0.333. The highest BCUT2D eigenvalue weighted by Crippen LogP contribution is 2.21. The first-order valence-corrected chi connectivity index (χ1v) is 10.6. The van der Waals surface area contributed by atoms with Gasteiger partial charge in [-0.2, -0.15) is 4.98 Å². The lowest BCUT2D eigenvalue weighted by Crippen LogP contribution is -2.31. The van der Waals surface area contributed by atoms with Crippen LogP contribution < -0.4 is 5.56 Å². The van der Waals surface area contributed by atoms with Gasteiger partial charge in [-0.05, 0) is 37.5 Å². The van der Waals surface area contributed by atoms with Gasteiger partial charge in [0.1, 0.15) is 5.82 Å². The van der Waals surface area contributed by atoms with Gasteiger partial charge in [0.25, 0.3) is 5.56 Å². The van der Waals surface area contributed by atoms with E-state index in [-0.39, 0.29) is 11.6 Å². The third kappa shape index (κ3) is 4.72. The van der Waals surface area contributed by atoms with Gasteiger partial charge in [-0.1, -0.05) is 55.4 Å². The summed E-state index contributed by atoms with van der Waals surface area (Å²) in [6.45, 7) is 9.44. The van der Waals surface area contributed by atoms with E-state index in [1.165, 1.54) is 5.56 Å². The van der Waals surface area contributed by atoms with Gasteiger partial charge >= 0.3 is 0 Å². The van der Waals surface area contributed by atoms with Crippen molar-refractivity contribution < 1.29 is 4.52 Å². The van der Waals surface area contributed by atoms with Crippen molar-refractivity contribution in [3.63, 3.8) is 0 Å². The first-order valence-electron chi connectivity index (χ1n) is 10.6. The van der Waals surface area contributed by atoms with Crippen LogP contribution in [0.15, 0.2) is 57.8 Å². The van der Waals surface area contributed by atoms with Gasteiger partial charge in [0.15, 0.2) is 0 Å². The standard InChI is InChI=1S/C24H27N5O2/c1-15(2)17-9-11-18(12-10-17)23-27-22(31-28-23)14-29(16(3)4)13-21-25-20-8-6-5-7-19(20)24(30)26-21/h5-12,15-16H,13-14H2,1-4H3,(H,25,26,30). The monoisotopic (exact) mass is 417 g/mol. The van der Waals surface area contributed by atoms with E-state index < -0.39 is 0 Å². The summed E-state index contributed by atoms with van der Waals surface area (Å²) in [4.78, 5) is 26.6. The number of fused-ring (bicyclic) bond motifs is 1. The van der Waals surface area contributed by atoms with Crippen LogP contribution in [0.1, 0.15) is 50.9 Å². The Balaban J connectivity index is 1.52. The molecule has 7 heteroatoms. The average molecular weight is 418 g/mol. The van der Waals surface area contributed by atoms with E-state index in [4.69, 9.17) is 4.52 Å². The summed E-state index contributed by atoms with van der Waals surface area (Å²) in [6, 6.07) is 15.8. The number of aromatic nitrogens is 4. The second-order valence-electron chi connectivity index (χ2n) is 8.32. The molecule has 0 spiro atoms. The molecule has 0 saturated carbocycles. The molecule has 7 nitrogen and oxygen atoms in total. The van der Waals surface area contributed by atoms with E-state index in [2.05, 4.69) is 64.8 Å². The van der Waals surface area contributed by atoms with Crippen molar-refractivity contribution in [1.82, 2.24) is 25.0 Å². The van der Waals surface area contributed by atoms with Gasteiger partial charge in [0.2, 0.25) is 11.7 Å². The third-order valence-corrected chi connectivity index (χ3v) is 5.39. The first kappa shape index (κ1) is 20.9. The number of nitrogens with zero attached hydrogens (tertiary/aromatic N) is 4. The quantitative estimate of drug-likeness (QED) is 0.476. The van der Waals surface area contributed by atoms with Crippen LogP contribution in [0.4, 0.5) is 0 Å². The molecular formula is C24H27N5O2. The molecule has 0 saturated heterocycles. The molecule has 4 aromatic rings. The van der Waals surface area contributed by atoms with Crippen molar-refractivity contribution in [3.8, 4) is 11.4 Å². The predicted octanol–water partition coefficient (Wildman–Crippen LogP) is 4.51. The van der Waals surface area contributed by atoms with Crippen LogP contribution in [0.25, 0.3) is 22.3 Å². The molecule has 0 amide bonds. The van der Waals surface area contributed by atoms with Crippen LogP contribution in [-0.4, -0.2) is 31.1 Å². The molecule has 2 heterocycles. The molecule has 1 N–H and O–H groups in total. The lowest BCUT2D eigenvalue weighted by molar-refractivity contribution is 0.172. The molecule has 2 aromatic carbocycles. The molecule has 0 unspecified atom stereocenters. The van der Waals surface area contributed by atoms with E-state index in [1.54, 1.807) is 6.07 Å². The Morgan fingerprint density at radius 3 is 2.42 bits per heavy atom. The fourth-order valence-corrected chi connectivity index (χ4v) is 3.45. The Hall–Kier alpha value is -3.32. The van der Waals surface area contributed by atoms with Gasteiger partial charge in [0.05, 0.1) is 24.0 Å². The maximum atomic E-state index is 12.4. The first-order chi connectivity index (χ1) is 14.9. The Morgan fingerprint density at radius 2 is 1.71 bits per heavy atom. The summed E-state index contributed by atoms with van der Waals surface area (Å²) in [5.41, 5.74) is 2.76. The Kier molecular flexibility index (Phi) is 5.95. The zero-order chi connectivity index (χ0) is 22.0. The van der Waals surface area contributed by atoms with Crippen LogP contribution in [0, 0.1) is 0 Å². The lowest BCUT2D eigenvalue weighted by atomic mass is 10.0. The smallest absolute Gasteiger partial charge is 0.258 e. The molecule has 31 heavy (non-hydrogen) atoms. The third-order valence-electron chi connectivity index (χ3n) is 5.39. The summed E-state index contributed by atoms with van der Waals surface area (Å²) in [5.74, 6) is 2.19. The van der Waals surface area contributed by atoms with Crippen LogP contribution in [0.3, 0.4) is 0 Å². The summed E-state index contributed by atoms with van der Waals surface area (Å²) in [7, 11) is 0. The lowest BCUT2D eigenvalue weighted by Gasteiger charge is -2.24. The highest BCUT2D eigenvalue weighted by atomic mass is 16.5.